The molecule has 4 heteroatoms. The Labute approximate surface area is 313 Å². The maximum Gasteiger partial charge on any atom is 0.151 e. The first-order chi connectivity index (χ1) is 26.7. The Hall–Kier alpha value is -6.52. The van der Waals surface area contributed by atoms with Crippen molar-refractivity contribution in [3.8, 4) is 22.3 Å². The van der Waals surface area contributed by atoms with Crippen LogP contribution in [0.25, 0.3) is 27.8 Å². The molecular weight excluding hydrogens is 661 g/mol. The molecule has 0 aromatic heterocycles. The van der Waals surface area contributed by atoms with E-state index in [1.165, 1.54) is 39.3 Å². The van der Waals surface area contributed by atoms with E-state index in [1.807, 2.05) is 0 Å². The average molecular weight is 693 g/mol. The number of anilines is 4. The molecule has 0 saturated heterocycles. The molecule has 0 fully saturated rings. The lowest BCUT2D eigenvalue weighted by atomic mass is 9.66. The van der Waals surface area contributed by atoms with Gasteiger partial charge < -0.3 is 9.80 Å². The molecule has 0 saturated carbocycles. The van der Waals surface area contributed by atoms with Gasteiger partial charge in [-0.15, -0.1) is 0 Å². The Morgan fingerprint density at radius 2 is 1.41 bits per heavy atom. The standard InChI is InChI=1S/C50H32N2O2/c53-27-35-41-31-17-19-37-47-45(31)33(21-25-49(47)23-9-7-15-39(49)51(37)29-11-3-1-4-12-29)43(41)36(28-54)44-34-22-26-50-24-10-8-16-40(50)52(30-13-5-2-6-14-30)38-20-18-32(42(35)44)46(34)48(38)50/h1-7,9-24,26-28,34,39H,8,25H2. The fourth-order valence-electron chi connectivity index (χ4n) is 11.9. The van der Waals surface area contributed by atoms with Gasteiger partial charge in [0, 0.05) is 61.9 Å². The second-order valence-corrected chi connectivity index (χ2v) is 15.8. The second-order valence-electron chi connectivity index (χ2n) is 15.8. The van der Waals surface area contributed by atoms with Gasteiger partial charge in [0.15, 0.2) is 12.6 Å². The van der Waals surface area contributed by atoms with E-state index in [4.69, 9.17) is 0 Å². The van der Waals surface area contributed by atoms with Crippen LogP contribution < -0.4 is 9.80 Å². The zero-order chi connectivity index (χ0) is 35.5. The lowest BCUT2D eigenvalue weighted by Crippen LogP contribution is -2.42. The van der Waals surface area contributed by atoms with E-state index >= 15 is 0 Å². The molecule has 6 aliphatic carbocycles. The lowest BCUT2D eigenvalue weighted by Gasteiger charge is -2.39. The molecule has 4 atom stereocenters. The first kappa shape index (κ1) is 29.0. The van der Waals surface area contributed by atoms with Gasteiger partial charge in [0.05, 0.1) is 17.1 Å². The van der Waals surface area contributed by atoms with E-state index in [1.54, 1.807) is 0 Å². The van der Waals surface area contributed by atoms with E-state index in [0.29, 0.717) is 5.56 Å². The summed E-state index contributed by atoms with van der Waals surface area (Å²) in [4.78, 5) is 32.4. The number of fused-ring (bicyclic) bond motifs is 6. The van der Waals surface area contributed by atoms with Crippen LogP contribution in [-0.2, 0) is 10.8 Å². The van der Waals surface area contributed by atoms with Crippen LogP contribution in [-0.4, -0.2) is 18.6 Å². The first-order valence-electron chi connectivity index (χ1n) is 19.0. The fourth-order valence-corrected chi connectivity index (χ4v) is 11.9. The molecule has 5 aromatic carbocycles. The molecule has 4 nitrogen and oxygen atoms in total. The van der Waals surface area contributed by atoms with Crippen LogP contribution in [0.5, 0.6) is 0 Å². The van der Waals surface area contributed by atoms with Gasteiger partial charge in [-0.25, -0.2) is 0 Å². The van der Waals surface area contributed by atoms with E-state index < -0.39 is 5.41 Å². The number of carbonyl (C=O) groups excluding carboxylic acids is 2. The van der Waals surface area contributed by atoms with Crippen LogP contribution in [0, 0.1) is 0 Å². The van der Waals surface area contributed by atoms with Gasteiger partial charge in [-0.1, -0.05) is 109 Å². The van der Waals surface area contributed by atoms with Crippen molar-refractivity contribution >= 4 is 40.9 Å². The number of hydrogen-bond acceptors (Lipinski definition) is 4. The minimum absolute atomic E-state index is 0.117. The summed E-state index contributed by atoms with van der Waals surface area (Å²) in [6.07, 6.45) is 27.0. The van der Waals surface area contributed by atoms with Gasteiger partial charge in [0.2, 0.25) is 0 Å². The van der Waals surface area contributed by atoms with Crippen molar-refractivity contribution in [1.29, 1.82) is 0 Å². The van der Waals surface area contributed by atoms with Crippen molar-refractivity contribution in [3.63, 3.8) is 0 Å². The van der Waals surface area contributed by atoms with E-state index in [-0.39, 0.29) is 17.4 Å². The number of allylic oxidation sites excluding steroid dienone is 7. The summed E-state index contributed by atoms with van der Waals surface area (Å²) in [5.74, 6) is -0.138. The SMILES string of the molecule is O=Cc1c2c(c(C=O)c3c1-c1ccc4c5c1C3C=CC51C=CCC=C1N4c1ccccc1)C1=CCC34C=CC=CC3N(c3ccccc3)c3ccc-2c1c34. The fraction of sp³-hybridized carbons (Fsp3) is 0.120. The highest BCUT2D eigenvalue weighted by molar-refractivity contribution is 6.18. The third-order valence-electron chi connectivity index (χ3n) is 13.7. The van der Waals surface area contributed by atoms with E-state index in [2.05, 4.69) is 155 Å². The molecular formula is C50H32N2O2. The highest BCUT2D eigenvalue weighted by Gasteiger charge is 2.56. The van der Waals surface area contributed by atoms with Crippen molar-refractivity contribution < 1.29 is 9.59 Å². The molecule has 2 heterocycles. The van der Waals surface area contributed by atoms with Gasteiger partial charge in [-0.05, 0) is 93.8 Å². The summed E-state index contributed by atoms with van der Waals surface area (Å²) < 4.78 is 0. The van der Waals surface area contributed by atoms with E-state index in [0.717, 1.165) is 81.3 Å². The van der Waals surface area contributed by atoms with Crippen molar-refractivity contribution in [2.45, 2.75) is 35.6 Å². The van der Waals surface area contributed by atoms with Gasteiger partial charge in [-0.2, -0.15) is 0 Å². The van der Waals surface area contributed by atoms with Crippen LogP contribution in [0.3, 0.4) is 0 Å². The predicted octanol–water partition coefficient (Wildman–Crippen LogP) is 10.9. The summed E-state index contributed by atoms with van der Waals surface area (Å²) in [6, 6.07) is 30.3. The highest BCUT2D eigenvalue weighted by atomic mass is 16.1. The topological polar surface area (TPSA) is 40.6 Å². The normalized spacial score (nSPS) is 25.4. The average Bonchev–Trinajstić information content (AvgIpc) is 3.92. The molecule has 0 radical (unpaired) electrons. The van der Waals surface area contributed by atoms with Gasteiger partial charge in [-0.3, -0.25) is 9.59 Å². The minimum Gasteiger partial charge on any atom is -0.333 e. The van der Waals surface area contributed by atoms with Crippen LogP contribution in [0.1, 0.15) is 72.9 Å². The Kier molecular flexibility index (Phi) is 5.22. The number of hydrogen-bond donors (Lipinski definition) is 0. The lowest BCUT2D eigenvalue weighted by molar-refractivity contribution is 0.111. The van der Waals surface area contributed by atoms with Gasteiger partial charge in [0.1, 0.15) is 0 Å². The van der Waals surface area contributed by atoms with Crippen molar-refractivity contribution in [2.75, 3.05) is 9.80 Å². The van der Waals surface area contributed by atoms with Crippen molar-refractivity contribution in [2.24, 2.45) is 0 Å². The van der Waals surface area contributed by atoms with Gasteiger partial charge >= 0.3 is 0 Å². The largest absolute Gasteiger partial charge is 0.333 e. The number of para-hydroxylation sites is 2. The molecule has 0 N–H and O–H groups in total. The smallest absolute Gasteiger partial charge is 0.151 e. The molecule has 0 bridgehead atoms. The van der Waals surface area contributed by atoms with Crippen LogP contribution in [0.4, 0.5) is 22.7 Å². The number of carbonyl (C=O) groups is 2. The molecule has 0 amide bonds. The summed E-state index contributed by atoms with van der Waals surface area (Å²) in [5.41, 5.74) is 18.6. The molecule has 13 rings (SSSR count). The molecule has 2 spiro atoms. The number of benzene rings is 5. The first-order valence-corrected chi connectivity index (χ1v) is 19.0. The quantitative estimate of drug-likeness (QED) is 0.136. The Balaban J connectivity index is 1.09. The number of nitrogens with zero attached hydrogens (tertiary/aromatic N) is 2. The zero-order valence-electron chi connectivity index (χ0n) is 29.3. The molecule has 8 aliphatic rings. The van der Waals surface area contributed by atoms with Crippen molar-refractivity contribution in [1.82, 2.24) is 0 Å². The molecule has 2 aliphatic heterocycles. The summed E-state index contributed by atoms with van der Waals surface area (Å²) >= 11 is 0. The number of aldehydes is 2. The zero-order valence-corrected chi connectivity index (χ0v) is 29.3. The maximum absolute atomic E-state index is 13.8. The molecule has 4 unspecified atom stereocenters. The Bertz CT molecular complexity index is 2840. The summed E-state index contributed by atoms with van der Waals surface area (Å²) in [6.45, 7) is 0. The summed E-state index contributed by atoms with van der Waals surface area (Å²) in [7, 11) is 0. The minimum atomic E-state index is -0.408. The monoisotopic (exact) mass is 692 g/mol. The number of rotatable bonds is 4. The Morgan fingerprint density at radius 3 is 2.22 bits per heavy atom. The highest BCUT2D eigenvalue weighted by Crippen LogP contribution is 2.68. The Morgan fingerprint density at radius 1 is 0.630 bits per heavy atom. The third kappa shape index (κ3) is 3.06. The maximum atomic E-state index is 13.8. The molecule has 254 valence electrons. The van der Waals surface area contributed by atoms with Crippen LogP contribution in [0.2, 0.25) is 0 Å². The molecule has 54 heavy (non-hydrogen) atoms. The van der Waals surface area contributed by atoms with E-state index in [9.17, 15) is 9.59 Å². The predicted molar refractivity (Wildman–Crippen MR) is 215 cm³/mol. The second kappa shape index (κ2) is 9.71. The van der Waals surface area contributed by atoms with Crippen molar-refractivity contribution in [3.05, 3.63) is 196 Å². The molecule has 5 aromatic rings. The van der Waals surface area contributed by atoms with Gasteiger partial charge in [0.25, 0.3) is 0 Å². The van der Waals surface area contributed by atoms with Crippen LogP contribution >= 0.6 is 0 Å². The summed E-state index contributed by atoms with van der Waals surface area (Å²) in [5, 5.41) is 0. The van der Waals surface area contributed by atoms with Crippen LogP contribution in [0.15, 0.2) is 151 Å². The third-order valence-corrected chi connectivity index (χ3v) is 13.7.